The van der Waals surface area contributed by atoms with E-state index >= 15 is 0 Å². The normalized spacial score (nSPS) is 13.8. The van der Waals surface area contributed by atoms with Crippen LogP contribution >= 0.6 is 23.2 Å². The molecule has 0 saturated carbocycles. The summed E-state index contributed by atoms with van der Waals surface area (Å²) in [4.78, 5) is 4.04. The summed E-state index contributed by atoms with van der Waals surface area (Å²) in [6, 6.07) is 3.06. The second-order valence-electron chi connectivity index (χ2n) is 6.86. The summed E-state index contributed by atoms with van der Waals surface area (Å²) < 4.78 is 21.3. The molecule has 26 heavy (non-hydrogen) atoms. The van der Waals surface area contributed by atoms with Crippen molar-refractivity contribution in [1.29, 1.82) is 0 Å². The van der Waals surface area contributed by atoms with E-state index in [2.05, 4.69) is 31.1 Å². The Morgan fingerprint density at radius 1 is 1.08 bits per heavy atom. The van der Waals surface area contributed by atoms with Crippen molar-refractivity contribution in [2.24, 2.45) is 0 Å². The van der Waals surface area contributed by atoms with E-state index in [1.807, 2.05) is 13.8 Å². The Kier molecular flexibility index (Phi) is 10.0. The number of rotatable bonds is 12. The van der Waals surface area contributed by atoms with Crippen LogP contribution in [0.5, 0.6) is 0 Å². The average molecular weight is 423 g/mol. The summed E-state index contributed by atoms with van der Waals surface area (Å²) in [5.41, 5.74) is -0.453. The largest absolute Gasteiger partial charge is 0.409 e. The van der Waals surface area contributed by atoms with Crippen LogP contribution < -0.4 is 5.32 Å². The van der Waals surface area contributed by atoms with Crippen molar-refractivity contribution in [2.45, 2.75) is 77.4 Å². The monoisotopic (exact) mass is 422 g/mol. The molecule has 0 spiro atoms. The van der Waals surface area contributed by atoms with E-state index in [0.717, 1.165) is 23.7 Å². The lowest BCUT2D eigenvalue weighted by Gasteiger charge is -2.35. The second-order valence-corrected chi connectivity index (χ2v) is 12.4. The Labute approximate surface area is 169 Å². The van der Waals surface area contributed by atoms with Gasteiger partial charge in [0.1, 0.15) is 5.67 Å². The summed E-state index contributed by atoms with van der Waals surface area (Å²) in [5, 5.41) is 4.25. The highest BCUT2D eigenvalue weighted by atomic mass is 35.5. The van der Waals surface area contributed by atoms with E-state index in [1.54, 1.807) is 12.4 Å². The standard InChI is InChI=1S/C19H33Cl2FN2OSi/c1-6-19(22,7-2)14-24-13-17(25-26(8-3,9-4)10-5)18-15(20)11-23-12-16(18)21/h11-12,17,24H,6-10,13-14H2,1-5H3. The van der Waals surface area contributed by atoms with E-state index in [-0.39, 0.29) is 6.10 Å². The van der Waals surface area contributed by atoms with Crippen molar-refractivity contribution < 1.29 is 8.82 Å². The molecule has 1 atom stereocenters. The Bertz CT molecular complexity index is 526. The van der Waals surface area contributed by atoms with Crippen LogP contribution in [0.4, 0.5) is 4.39 Å². The molecule has 0 aliphatic carbocycles. The zero-order valence-corrected chi connectivity index (χ0v) is 19.2. The van der Waals surface area contributed by atoms with Gasteiger partial charge in [0.15, 0.2) is 8.32 Å². The molecule has 0 fully saturated rings. The number of hydrogen-bond acceptors (Lipinski definition) is 3. The van der Waals surface area contributed by atoms with Crippen molar-refractivity contribution in [3.05, 3.63) is 28.0 Å². The van der Waals surface area contributed by atoms with Crippen LogP contribution in [0.25, 0.3) is 0 Å². The molecule has 3 nitrogen and oxygen atoms in total. The predicted octanol–water partition coefficient (Wildman–Crippen LogP) is 6.57. The maximum Gasteiger partial charge on any atom is 0.192 e. The lowest BCUT2D eigenvalue weighted by molar-refractivity contribution is 0.132. The van der Waals surface area contributed by atoms with E-state index < -0.39 is 14.0 Å². The number of alkyl halides is 1. The molecule has 150 valence electrons. The zero-order valence-electron chi connectivity index (χ0n) is 16.7. The Morgan fingerprint density at radius 3 is 2.00 bits per heavy atom. The van der Waals surface area contributed by atoms with Crippen molar-refractivity contribution in [3.8, 4) is 0 Å². The van der Waals surface area contributed by atoms with Gasteiger partial charge in [-0.1, -0.05) is 57.8 Å². The quantitative estimate of drug-likeness (QED) is 0.386. The van der Waals surface area contributed by atoms with Crippen LogP contribution in [0.3, 0.4) is 0 Å². The molecule has 1 aromatic heterocycles. The van der Waals surface area contributed by atoms with Gasteiger partial charge in [-0.05, 0) is 31.0 Å². The van der Waals surface area contributed by atoms with Gasteiger partial charge in [0.2, 0.25) is 0 Å². The molecule has 0 amide bonds. The number of aromatic nitrogens is 1. The van der Waals surface area contributed by atoms with E-state index in [9.17, 15) is 4.39 Å². The van der Waals surface area contributed by atoms with Gasteiger partial charge in [0, 0.05) is 31.0 Å². The van der Waals surface area contributed by atoms with E-state index in [0.29, 0.717) is 36.0 Å². The van der Waals surface area contributed by atoms with Crippen molar-refractivity contribution in [1.82, 2.24) is 10.3 Å². The SMILES string of the molecule is CCC(F)(CC)CNCC(O[Si](CC)(CC)CC)c1c(Cl)cncc1Cl. The van der Waals surface area contributed by atoms with Crippen molar-refractivity contribution >= 4 is 31.5 Å². The summed E-state index contributed by atoms with van der Waals surface area (Å²) >= 11 is 12.8. The third-order valence-corrected chi connectivity index (χ3v) is 10.8. The Hall–Kier alpha value is -0.203. The molecule has 1 rings (SSSR count). The lowest BCUT2D eigenvalue weighted by atomic mass is 9.99. The maximum atomic E-state index is 14.6. The van der Waals surface area contributed by atoms with Gasteiger partial charge in [0.25, 0.3) is 0 Å². The number of halogens is 3. The highest BCUT2D eigenvalue weighted by Gasteiger charge is 2.34. The molecular formula is C19H33Cl2FN2OSi. The highest BCUT2D eigenvalue weighted by Crippen LogP contribution is 2.36. The van der Waals surface area contributed by atoms with Crippen LogP contribution in [-0.4, -0.2) is 32.1 Å². The molecular weight excluding hydrogens is 390 g/mol. The van der Waals surface area contributed by atoms with Gasteiger partial charge in [-0.3, -0.25) is 4.98 Å². The number of pyridine rings is 1. The molecule has 0 bridgehead atoms. The first-order valence-corrected chi connectivity index (χ1v) is 12.9. The molecule has 1 unspecified atom stereocenters. The summed E-state index contributed by atoms with van der Waals surface area (Å²) in [6.07, 6.45) is 3.84. The predicted molar refractivity (Wildman–Crippen MR) is 113 cm³/mol. The summed E-state index contributed by atoms with van der Waals surface area (Å²) in [5.74, 6) is 0. The third kappa shape index (κ3) is 6.16. The fourth-order valence-corrected chi connectivity index (χ4v) is 6.57. The highest BCUT2D eigenvalue weighted by molar-refractivity contribution is 6.73. The average Bonchev–Trinajstić information content (AvgIpc) is 2.65. The summed E-state index contributed by atoms with van der Waals surface area (Å²) in [7, 11) is -1.89. The minimum Gasteiger partial charge on any atom is -0.409 e. The maximum absolute atomic E-state index is 14.6. The molecule has 0 radical (unpaired) electrons. The number of nitrogens with one attached hydrogen (secondary N) is 1. The molecule has 0 saturated heterocycles. The zero-order chi connectivity index (χ0) is 19.8. The van der Waals surface area contributed by atoms with E-state index in [1.165, 1.54) is 0 Å². The molecule has 1 aromatic rings. The molecule has 0 aromatic carbocycles. The molecule has 7 heteroatoms. The molecule has 0 aliphatic rings. The van der Waals surface area contributed by atoms with Gasteiger partial charge in [-0.2, -0.15) is 0 Å². The van der Waals surface area contributed by atoms with Gasteiger partial charge in [-0.15, -0.1) is 0 Å². The minimum absolute atomic E-state index is 0.291. The van der Waals surface area contributed by atoms with Crippen molar-refractivity contribution in [2.75, 3.05) is 13.1 Å². The Morgan fingerprint density at radius 2 is 1.58 bits per heavy atom. The van der Waals surface area contributed by atoms with E-state index in [4.69, 9.17) is 27.6 Å². The minimum atomic E-state index is -1.89. The van der Waals surface area contributed by atoms with Gasteiger partial charge in [0.05, 0.1) is 16.1 Å². The smallest absolute Gasteiger partial charge is 0.192 e. The molecule has 0 aliphatic heterocycles. The van der Waals surface area contributed by atoms with Crippen LogP contribution in [0, 0.1) is 0 Å². The first-order chi connectivity index (χ1) is 12.3. The Balaban J connectivity index is 3.06. The van der Waals surface area contributed by atoms with Crippen LogP contribution in [-0.2, 0) is 4.43 Å². The van der Waals surface area contributed by atoms with Gasteiger partial charge < -0.3 is 9.74 Å². The lowest BCUT2D eigenvalue weighted by Crippen LogP contribution is -2.42. The number of nitrogens with zero attached hydrogens (tertiary/aromatic N) is 1. The fourth-order valence-electron chi connectivity index (χ4n) is 3.16. The first-order valence-electron chi connectivity index (χ1n) is 9.66. The van der Waals surface area contributed by atoms with Gasteiger partial charge >= 0.3 is 0 Å². The van der Waals surface area contributed by atoms with Crippen LogP contribution in [0.15, 0.2) is 12.4 Å². The third-order valence-electron chi connectivity index (χ3n) is 5.58. The molecule has 1 heterocycles. The summed E-state index contributed by atoms with van der Waals surface area (Å²) in [6.45, 7) is 11.1. The fraction of sp³-hybridized carbons (Fsp3) is 0.737. The first kappa shape index (κ1) is 23.8. The van der Waals surface area contributed by atoms with Crippen LogP contribution in [0.2, 0.25) is 28.2 Å². The molecule has 1 N–H and O–H groups in total. The topological polar surface area (TPSA) is 34.1 Å². The van der Waals surface area contributed by atoms with Gasteiger partial charge in [-0.25, -0.2) is 4.39 Å². The van der Waals surface area contributed by atoms with Crippen LogP contribution in [0.1, 0.15) is 59.1 Å². The van der Waals surface area contributed by atoms with Crippen molar-refractivity contribution in [3.63, 3.8) is 0 Å². The second kappa shape index (κ2) is 11.0. The number of hydrogen-bond donors (Lipinski definition) is 1.